The van der Waals surface area contributed by atoms with E-state index < -0.39 is 10.4 Å². The molecule has 0 amide bonds. The van der Waals surface area contributed by atoms with Crippen LogP contribution in [0, 0.1) is 0 Å². The van der Waals surface area contributed by atoms with Crippen molar-refractivity contribution in [2.24, 2.45) is 0 Å². The minimum Gasteiger partial charge on any atom is -0.264 e. The van der Waals surface area contributed by atoms with Crippen molar-refractivity contribution in [3.8, 4) is 0 Å². The van der Waals surface area contributed by atoms with Crippen LogP contribution in [0.3, 0.4) is 0 Å². The van der Waals surface area contributed by atoms with Crippen molar-refractivity contribution in [3.05, 3.63) is 48.5 Å². The van der Waals surface area contributed by atoms with E-state index in [9.17, 15) is 0 Å². The molecule has 18 heavy (non-hydrogen) atoms. The van der Waals surface area contributed by atoms with Gasteiger partial charge in [-0.15, -0.1) is 11.3 Å². The van der Waals surface area contributed by atoms with Gasteiger partial charge < -0.3 is 0 Å². The molecular weight excluding hydrogens is 272 g/mol. The average molecular weight is 282 g/mol. The summed E-state index contributed by atoms with van der Waals surface area (Å²) < 4.78 is 34.3. The van der Waals surface area contributed by atoms with Crippen LogP contribution in [-0.2, 0) is 10.4 Å². The number of rotatable bonds is 0. The Hall–Kier alpha value is -1.47. The Morgan fingerprint density at radius 3 is 1.50 bits per heavy atom. The molecule has 2 aromatic carbocycles. The van der Waals surface area contributed by atoms with Gasteiger partial charge in [-0.25, -0.2) is 0 Å². The van der Waals surface area contributed by atoms with Gasteiger partial charge in [0.15, 0.2) is 0 Å². The molecule has 0 fully saturated rings. The summed E-state index contributed by atoms with van der Waals surface area (Å²) in [6.07, 6.45) is 0. The van der Waals surface area contributed by atoms with Crippen molar-refractivity contribution in [2.75, 3.05) is 0 Å². The van der Waals surface area contributed by atoms with Crippen LogP contribution in [0.2, 0.25) is 0 Å². The van der Waals surface area contributed by atoms with E-state index >= 15 is 0 Å². The molecule has 2 N–H and O–H groups in total. The predicted octanol–water partition coefficient (Wildman–Crippen LogP) is 3.40. The number of thiophene rings is 1. The van der Waals surface area contributed by atoms with Gasteiger partial charge >= 0.3 is 10.4 Å². The van der Waals surface area contributed by atoms with Crippen LogP contribution in [0.5, 0.6) is 0 Å². The molecule has 1 aromatic heterocycles. The Kier molecular flexibility index (Phi) is 3.63. The zero-order valence-electron chi connectivity index (χ0n) is 9.15. The van der Waals surface area contributed by atoms with Crippen molar-refractivity contribution >= 4 is 41.9 Å². The summed E-state index contributed by atoms with van der Waals surface area (Å²) >= 11 is 1.86. The Bertz CT molecular complexity index is 716. The largest absolute Gasteiger partial charge is 0.394 e. The topological polar surface area (TPSA) is 74.6 Å². The molecule has 0 atom stereocenters. The lowest BCUT2D eigenvalue weighted by Crippen LogP contribution is -1.89. The van der Waals surface area contributed by atoms with Crippen LogP contribution in [-0.4, -0.2) is 17.5 Å². The smallest absolute Gasteiger partial charge is 0.264 e. The lowest BCUT2D eigenvalue weighted by atomic mass is 10.2. The Morgan fingerprint density at radius 2 is 1.11 bits per heavy atom. The highest BCUT2D eigenvalue weighted by molar-refractivity contribution is 7.79. The van der Waals surface area contributed by atoms with Crippen molar-refractivity contribution < 1.29 is 17.5 Å². The van der Waals surface area contributed by atoms with Gasteiger partial charge in [-0.2, -0.15) is 8.42 Å². The lowest BCUT2D eigenvalue weighted by Gasteiger charge is -1.88. The molecule has 0 aliphatic carbocycles. The molecule has 0 saturated heterocycles. The maximum atomic E-state index is 8.74. The van der Waals surface area contributed by atoms with E-state index in [1.807, 2.05) is 11.3 Å². The second kappa shape index (κ2) is 5.03. The fraction of sp³-hybridized carbons (Fsp3) is 0. The van der Waals surface area contributed by atoms with Gasteiger partial charge in [0.1, 0.15) is 0 Å². The second-order valence-corrected chi connectivity index (χ2v) is 5.52. The van der Waals surface area contributed by atoms with Crippen LogP contribution >= 0.6 is 11.3 Å². The molecule has 4 nitrogen and oxygen atoms in total. The zero-order valence-corrected chi connectivity index (χ0v) is 10.8. The molecular formula is C12H10O4S2. The highest BCUT2D eigenvalue weighted by Gasteiger charge is 2.01. The summed E-state index contributed by atoms with van der Waals surface area (Å²) in [5.41, 5.74) is 0. The quantitative estimate of drug-likeness (QED) is 0.620. The molecule has 1 heterocycles. The number of fused-ring (bicyclic) bond motifs is 3. The summed E-state index contributed by atoms with van der Waals surface area (Å²) in [7, 11) is -4.67. The summed E-state index contributed by atoms with van der Waals surface area (Å²) in [6.45, 7) is 0. The Balaban J connectivity index is 0.000000209. The van der Waals surface area contributed by atoms with Crippen LogP contribution in [0.25, 0.3) is 20.2 Å². The SMILES string of the molecule is O=S(=O)(O)O.c1ccc2c(c1)sc1ccccc12. The molecule has 0 unspecified atom stereocenters. The Morgan fingerprint density at radius 1 is 0.778 bits per heavy atom. The minimum absolute atomic E-state index is 1.38. The number of hydrogen-bond donors (Lipinski definition) is 2. The van der Waals surface area contributed by atoms with Gasteiger partial charge in [0.2, 0.25) is 0 Å². The zero-order chi connectivity index (χ0) is 13.2. The van der Waals surface area contributed by atoms with Crippen molar-refractivity contribution in [1.82, 2.24) is 0 Å². The molecule has 0 aliphatic heterocycles. The fourth-order valence-electron chi connectivity index (χ4n) is 1.67. The first-order valence-corrected chi connectivity index (χ1v) is 7.22. The maximum Gasteiger partial charge on any atom is 0.394 e. The fourth-order valence-corrected chi connectivity index (χ4v) is 2.78. The normalized spacial score (nSPS) is 11.2. The third-order valence-corrected chi connectivity index (χ3v) is 3.44. The van der Waals surface area contributed by atoms with E-state index in [2.05, 4.69) is 48.5 Å². The van der Waals surface area contributed by atoms with E-state index in [0.29, 0.717) is 0 Å². The van der Waals surface area contributed by atoms with Crippen molar-refractivity contribution in [3.63, 3.8) is 0 Å². The van der Waals surface area contributed by atoms with Gasteiger partial charge in [-0.1, -0.05) is 36.4 Å². The van der Waals surface area contributed by atoms with Gasteiger partial charge in [-0.05, 0) is 12.1 Å². The Labute approximate surface area is 108 Å². The third kappa shape index (κ3) is 3.27. The predicted molar refractivity (Wildman–Crippen MR) is 73.5 cm³/mol. The highest BCUT2D eigenvalue weighted by atomic mass is 32.3. The average Bonchev–Trinajstić information content (AvgIpc) is 2.65. The van der Waals surface area contributed by atoms with Gasteiger partial charge in [-0.3, -0.25) is 9.11 Å². The van der Waals surface area contributed by atoms with E-state index in [-0.39, 0.29) is 0 Å². The monoisotopic (exact) mass is 282 g/mol. The van der Waals surface area contributed by atoms with Gasteiger partial charge in [0.05, 0.1) is 0 Å². The van der Waals surface area contributed by atoms with Gasteiger partial charge in [0.25, 0.3) is 0 Å². The van der Waals surface area contributed by atoms with E-state index in [0.717, 1.165) is 0 Å². The summed E-state index contributed by atoms with van der Waals surface area (Å²) in [4.78, 5) is 0. The first kappa shape index (κ1) is 13.0. The summed E-state index contributed by atoms with van der Waals surface area (Å²) in [5, 5.41) is 2.76. The van der Waals surface area contributed by atoms with Crippen LogP contribution in [0.1, 0.15) is 0 Å². The second-order valence-electron chi connectivity index (χ2n) is 3.54. The van der Waals surface area contributed by atoms with Crippen LogP contribution < -0.4 is 0 Å². The molecule has 3 rings (SSSR count). The molecule has 0 radical (unpaired) electrons. The first-order valence-electron chi connectivity index (χ1n) is 5.01. The van der Waals surface area contributed by atoms with Crippen molar-refractivity contribution in [2.45, 2.75) is 0 Å². The molecule has 0 bridgehead atoms. The molecule has 0 spiro atoms. The standard InChI is InChI=1S/C12H8S.H2O4S/c1-3-7-11-9(5-1)10-6-2-4-8-12(10)13-11;1-5(2,3)4/h1-8H;(H2,1,2,3,4). The number of hydrogen-bond acceptors (Lipinski definition) is 3. The van der Waals surface area contributed by atoms with E-state index in [1.54, 1.807) is 0 Å². The molecule has 0 saturated carbocycles. The molecule has 3 aromatic rings. The number of benzene rings is 2. The third-order valence-electron chi connectivity index (χ3n) is 2.28. The maximum absolute atomic E-state index is 8.74. The molecule has 94 valence electrons. The lowest BCUT2D eigenvalue weighted by molar-refractivity contribution is 0.381. The van der Waals surface area contributed by atoms with Crippen LogP contribution in [0.4, 0.5) is 0 Å². The van der Waals surface area contributed by atoms with Crippen molar-refractivity contribution in [1.29, 1.82) is 0 Å². The first-order chi connectivity index (χ1) is 8.45. The highest BCUT2D eigenvalue weighted by Crippen LogP contribution is 2.32. The van der Waals surface area contributed by atoms with Gasteiger partial charge in [0, 0.05) is 20.2 Å². The summed E-state index contributed by atoms with van der Waals surface area (Å²) in [6, 6.07) is 17.1. The van der Waals surface area contributed by atoms with E-state index in [4.69, 9.17) is 17.5 Å². The van der Waals surface area contributed by atoms with Crippen LogP contribution in [0.15, 0.2) is 48.5 Å². The molecule has 6 heteroatoms. The van der Waals surface area contributed by atoms with E-state index in [1.165, 1.54) is 20.2 Å². The molecule has 0 aliphatic rings. The minimum atomic E-state index is -4.67. The summed E-state index contributed by atoms with van der Waals surface area (Å²) in [5.74, 6) is 0.